The van der Waals surface area contributed by atoms with Gasteiger partial charge in [0.1, 0.15) is 48.0 Å². The largest absolute Gasteiger partial charge is 0.480 e. The van der Waals surface area contributed by atoms with Gasteiger partial charge in [0.05, 0.1) is 12.9 Å². The fourth-order valence-corrected chi connectivity index (χ4v) is 10.5. The monoisotopic (exact) mass is 1230 g/mol. The molecular formula is C64H99N13O11. The first-order valence-electron chi connectivity index (χ1n) is 31.6. The minimum Gasteiger partial charge on any atom is -0.480 e. The van der Waals surface area contributed by atoms with Gasteiger partial charge in [0, 0.05) is 50.7 Å². The third-order valence-electron chi connectivity index (χ3n) is 15.5. The van der Waals surface area contributed by atoms with Crippen LogP contribution in [0, 0.1) is 11.8 Å². The number of hydrogen-bond donors (Lipinski definition) is 11. The van der Waals surface area contributed by atoms with Gasteiger partial charge in [0.2, 0.25) is 41.4 Å². The first-order chi connectivity index (χ1) is 42.2. The molecule has 1 aromatic heterocycles. The number of unbranched alkanes of at least 4 members (excludes halogenated alkanes) is 12. The van der Waals surface area contributed by atoms with Gasteiger partial charge in [-0.3, -0.25) is 43.3 Å². The average molecular weight is 1230 g/mol. The van der Waals surface area contributed by atoms with Crippen LogP contribution in [0.4, 0.5) is 0 Å². The molecule has 0 radical (unpaired) electrons. The molecule has 486 valence electrons. The maximum Gasteiger partial charge on any atom is 0.326 e. The summed E-state index contributed by atoms with van der Waals surface area (Å²) in [6.45, 7) is 9.21. The second-order valence-corrected chi connectivity index (χ2v) is 23.6. The standard InChI is InChI=1S/C64H99N13O11/c1-7-8-9-10-11-12-13-14-15-16-17-18-22-29-54(79)88-47-32-30-45(31-33-47)36-49(72-60(83)55(42(2)3)75-57(80)48(71-53(78)40-67-6)27-23-34-69-64(65)66)58(81)76-56(43(4)5)61(84)73-50(38-46-39-68-41-70-46)62(85)77-35-24-28-52(77)59(82)74-51(63(86)87)37-44-25-20-19-21-26-44/h19-21,25-26,30-33,39,41-43,48-52,55-56,67H,7-18,22-24,27-29,34-38,40H2,1-6H3,(H,68,70)(H,71,78)(H,72,83)(H,73,84)(H,74,82)(H,75,80)(H,76,81)(H,86,87)(H4,65,66,69)/t48-,49-,50-,51+,52-,55-,56-/m0/s1. The Morgan fingerprint density at radius 3 is 1.76 bits per heavy atom. The predicted molar refractivity (Wildman–Crippen MR) is 336 cm³/mol. The average Bonchev–Trinajstić information content (AvgIpc) is 3.95. The van der Waals surface area contributed by atoms with E-state index in [-0.39, 0.29) is 75.8 Å². The number of amides is 7. The maximum atomic E-state index is 14.8. The van der Waals surface area contributed by atoms with Crippen LogP contribution in [0.25, 0.3) is 0 Å². The van der Waals surface area contributed by atoms with Gasteiger partial charge in [-0.1, -0.05) is 154 Å². The molecule has 13 N–H and O–H groups in total. The van der Waals surface area contributed by atoms with Crippen molar-refractivity contribution in [2.45, 2.75) is 212 Å². The lowest BCUT2D eigenvalue weighted by Crippen LogP contribution is -2.61. The quantitative estimate of drug-likeness (QED) is 0.0123. The van der Waals surface area contributed by atoms with E-state index in [0.717, 1.165) is 19.3 Å². The van der Waals surface area contributed by atoms with Crippen molar-refractivity contribution in [1.29, 1.82) is 0 Å². The summed E-state index contributed by atoms with van der Waals surface area (Å²) in [5, 5.41) is 29.3. The third kappa shape index (κ3) is 26.6. The van der Waals surface area contributed by atoms with Gasteiger partial charge in [-0.15, -0.1) is 0 Å². The van der Waals surface area contributed by atoms with Crippen molar-refractivity contribution in [1.82, 2.24) is 52.1 Å². The maximum absolute atomic E-state index is 14.8. The van der Waals surface area contributed by atoms with Crippen LogP contribution in [-0.4, -0.2) is 148 Å². The number of carbonyl (C=O) groups is 9. The van der Waals surface area contributed by atoms with E-state index >= 15 is 0 Å². The topological polar surface area (TPSA) is 364 Å². The number of nitrogens with one attached hydrogen (secondary N) is 8. The number of nitrogens with two attached hydrogens (primary N) is 2. The fraction of sp³-hybridized carbons (Fsp3) is 0.609. The summed E-state index contributed by atoms with van der Waals surface area (Å²) in [7, 11) is 1.57. The summed E-state index contributed by atoms with van der Waals surface area (Å²) >= 11 is 0. The van der Waals surface area contributed by atoms with Crippen molar-refractivity contribution in [3.63, 3.8) is 0 Å². The normalized spacial score (nSPS) is 15.0. The Morgan fingerprint density at radius 2 is 1.22 bits per heavy atom. The zero-order valence-corrected chi connectivity index (χ0v) is 52.5. The molecule has 2 heterocycles. The van der Waals surface area contributed by atoms with Crippen LogP contribution in [0.1, 0.15) is 167 Å². The number of likely N-dealkylation sites (N-methyl/N-ethyl adjacent to an activating group) is 1. The molecular weight excluding hydrogens is 1130 g/mol. The molecule has 24 nitrogen and oxygen atoms in total. The number of esters is 1. The van der Waals surface area contributed by atoms with Gasteiger partial charge >= 0.3 is 11.9 Å². The first-order valence-corrected chi connectivity index (χ1v) is 31.6. The number of ether oxygens (including phenoxy) is 1. The Hall–Kier alpha value is -7.89. The zero-order valence-electron chi connectivity index (χ0n) is 52.5. The molecule has 4 rings (SSSR count). The molecule has 7 amide bonds. The minimum absolute atomic E-state index is 0.00816. The Kier molecular flexibility index (Phi) is 32.8. The molecule has 7 atom stereocenters. The summed E-state index contributed by atoms with van der Waals surface area (Å²) < 4.78 is 5.67. The molecule has 0 spiro atoms. The molecule has 1 aliphatic rings. The van der Waals surface area contributed by atoms with Crippen molar-refractivity contribution in [3.05, 3.63) is 83.9 Å². The van der Waals surface area contributed by atoms with Crippen molar-refractivity contribution in [3.8, 4) is 5.75 Å². The lowest BCUT2D eigenvalue weighted by atomic mass is 9.98. The van der Waals surface area contributed by atoms with Crippen molar-refractivity contribution < 1.29 is 53.0 Å². The molecule has 24 heteroatoms. The summed E-state index contributed by atoms with van der Waals surface area (Å²) in [5.74, 6) is -7.37. The Morgan fingerprint density at radius 1 is 0.659 bits per heavy atom. The van der Waals surface area contributed by atoms with Gasteiger partial charge in [0.25, 0.3) is 0 Å². The lowest BCUT2D eigenvalue weighted by Gasteiger charge is -2.31. The summed E-state index contributed by atoms with van der Waals surface area (Å²) in [6, 6.07) is 6.62. The van der Waals surface area contributed by atoms with Crippen molar-refractivity contribution in [2.24, 2.45) is 28.3 Å². The number of likely N-dealkylation sites (tertiary alicyclic amines) is 1. The second kappa shape index (κ2) is 39.8. The number of carbonyl (C=O) groups excluding carboxylic acids is 8. The highest BCUT2D eigenvalue weighted by Gasteiger charge is 2.41. The predicted octanol–water partition coefficient (Wildman–Crippen LogP) is 4.39. The van der Waals surface area contributed by atoms with Crippen LogP contribution in [0.2, 0.25) is 0 Å². The second-order valence-electron chi connectivity index (χ2n) is 23.6. The smallest absolute Gasteiger partial charge is 0.326 e. The van der Waals surface area contributed by atoms with E-state index in [4.69, 9.17) is 16.2 Å². The molecule has 1 aliphatic heterocycles. The van der Waals surface area contributed by atoms with Crippen LogP contribution in [0.5, 0.6) is 5.75 Å². The van der Waals surface area contributed by atoms with Gasteiger partial charge < -0.3 is 68.4 Å². The SMILES string of the molecule is CCCCCCCCCCCCCCCC(=O)Oc1ccc(C[C@H](NC(=O)[C@@H](NC(=O)[C@H](CCCN=C(N)N)NC(=O)CNC)C(C)C)C(=O)N[C@H](C(=O)N[C@@H](Cc2cnc[nH]2)C(=O)N2CCC[C@H]2C(=O)N[C@H](Cc2ccccc2)C(=O)O)C(C)C)cc1. The van der Waals surface area contributed by atoms with Crippen LogP contribution in [-0.2, 0) is 62.4 Å². The van der Waals surface area contributed by atoms with Gasteiger partial charge in [-0.2, -0.15) is 0 Å². The molecule has 3 aromatic rings. The Bertz CT molecular complexity index is 2670. The molecule has 0 bridgehead atoms. The molecule has 88 heavy (non-hydrogen) atoms. The third-order valence-corrected chi connectivity index (χ3v) is 15.5. The van der Waals surface area contributed by atoms with Gasteiger partial charge in [-0.25, -0.2) is 9.78 Å². The molecule has 1 fully saturated rings. The number of benzene rings is 2. The van der Waals surface area contributed by atoms with Crippen LogP contribution in [0.15, 0.2) is 72.1 Å². The number of guanidine groups is 1. The van der Waals surface area contributed by atoms with E-state index in [0.29, 0.717) is 36.1 Å². The van der Waals surface area contributed by atoms with E-state index in [1.165, 1.54) is 75.2 Å². The van der Waals surface area contributed by atoms with Crippen LogP contribution >= 0.6 is 0 Å². The number of carboxylic acids is 1. The van der Waals surface area contributed by atoms with Crippen molar-refractivity contribution in [2.75, 3.05) is 26.7 Å². The lowest BCUT2D eigenvalue weighted by molar-refractivity contribution is -0.145. The number of H-pyrrole nitrogens is 1. The molecule has 0 aliphatic carbocycles. The summed E-state index contributed by atoms with van der Waals surface area (Å²) in [4.78, 5) is 137. The van der Waals surface area contributed by atoms with E-state index in [1.807, 2.05) is 0 Å². The molecule has 0 unspecified atom stereocenters. The van der Waals surface area contributed by atoms with Gasteiger partial charge in [-0.05, 0) is 74.2 Å². The zero-order chi connectivity index (χ0) is 64.4. The molecule has 2 aromatic carbocycles. The molecule has 1 saturated heterocycles. The number of imidazole rings is 1. The van der Waals surface area contributed by atoms with E-state index in [9.17, 15) is 48.3 Å². The van der Waals surface area contributed by atoms with Crippen LogP contribution in [0.3, 0.4) is 0 Å². The minimum atomic E-state index is -1.39. The highest BCUT2D eigenvalue weighted by atomic mass is 16.5. The summed E-state index contributed by atoms with van der Waals surface area (Å²) in [6.07, 6.45) is 19.3. The Balaban J connectivity index is 1.54. The van der Waals surface area contributed by atoms with Crippen molar-refractivity contribution >= 4 is 59.2 Å². The number of aliphatic carboxylic acids is 1. The molecule has 0 saturated carbocycles. The number of nitrogens with zero attached hydrogens (tertiary/aromatic N) is 3. The highest BCUT2D eigenvalue weighted by Crippen LogP contribution is 2.22. The summed E-state index contributed by atoms with van der Waals surface area (Å²) in [5.41, 5.74) is 12.7. The van der Waals surface area contributed by atoms with E-state index < -0.39 is 101 Å². The number of rotatable bonds is 42. The Labute approximate surface area is 518 Å². The highest BCUT2D eigenvalue weighted by molar-refractivity contribution is 5.98. The number of hydrogen-bond acceptors (Lipinski definition) is 13. The van der Waals surface area contributed by atoms with E-state index in [2.05, 4.69) is 59.1 Å². The number of carboxylic acid groups (broad SMARTS) is 1. The fourth-order valence-electron chi connectivity index (χ4n) is 10.5. The number of aliphatic imine (C=N–C) groups is 1. The number of aromatic amines is 1. The van der Waals surface area contributed by atoms with Crippen LogP contribution < -0.4 is 53.4 Å². The number of aromatic nitrogens is 2. The first kappa shape index (κ1) is 72.6. The van der Waals surface area contributed by atoms with Gasteiger partial charge in [0.15, 0.2) is 5.96 Å². The van der Waals surface area contributed by atoms with E-state index in [1.54, 1.807) is 89.3 Å².